The van der Waals surface area contributed by atoms with Gasteiger partial charge in [0, 0.05) is 19.2 Å². The summed E-state index contributed by atoms with van der Waals surface area (Å²) in [4.78, 5) is 8.76. The number of hydrogen-bond acceptors (Lipinski definition) is 4. The van der Waals surface area contributed by atoms with Crippen LogP contribution in [0.5, 0.6) is 0 Å². The van der Waals surface area contributed by atoms with E-state index in [0.29, 0.717) is 19.7 Å². The van der Waals surface area contributed by atoms with Gasteiger partial charge in [-0.1, -0.05) is 30.9 Å². The van der Waals surface area contributed by atoms with Crippen LogP contribution in [-0.2, 0) is 10.9 Å². The summed E-state index contributed by atoms with van der Waals surface area (Å²) in [5, 5.41) is -0.193. The molecule has 3 rings (SSSR count). The van der Waals surface area contributed by atoms with Crippen molar-refractivity contribution in [3.05, 3.63) is 17.0 Å². The molecule has 1 saturated carbocycles. The lowest BCUT2D eigenvalue weighted by atomic mass is 9.83. The van der Waals surface area contributed by atoms with E-state index in [1.807, 2.05) is 4.90 Å². The summed E-state index contributed by atoms with van der Waals surface area (Å²) in [5.41, 5.74) is -0.258. The Kier molecular flexibility index (Phi) is 4.20. The molecule has 0 aromatic carbocycles. The van der Waals surface area contributed by atoms with Crippen molar-refractivity contribution < 1.29 is 17.9 Å². The van der Waals surface area contributed by atoms with Crippen molar-refractivity contribution in [1.29, 1.82) is 0 Å². The molecule has 1 saturated heterocycles. The molecule has 122 valence electrons. The Labute approximate surface area is 131 Å². The van der Waals surface area contributed by atoms with E-state index in [9.17, 15) is 13.2 Å². The maximum absolute atomic E-state index is 12.8. The van der Waals surface area contributed by atoms with E-state index in [0.717, 1.165) is 25.7 Å². The molecule has 0 atom stereocenters. The standard InChI is InChI=1S/C14H17ClF3N3O/c15-10-8-11(20-12(19-10)14(16,17)18)21-6-7-22-13(9-21)4-2-1-3-5-13/h8H,1-7,9H2. The van der Waals surface area contributed by atoms with Crippen LogP contribution in [-0.4, -0.2) is 35.3 Å². The van der Waals surface area contributed by atoms with Gasteiger partial charge in [0.05, 0.1) is 12.2 Å². The number of nitrogens with zero attached hydrogens (tertiary/aromatic N) is 3. The largest absolute Gasteiger partial charge is 0.451 e. The molecule has 0 bridgehead atoms. The summed E-state index contributed by atoms with van der Waals surface area (Å²) >= 11 is 5.74. The number of hydrogen-bond donors (Lipinski definition) is 0. The molecule has 2 heterocycles. The quantitative estimate of drug-likeness (QED) is 0.734. The summed E-state index contributed by atoms with van der Waals surface area (Å²) in [5.74, 6) is -0.972. The fourth-order valence-corrected chi connectivity index (χ4v) is 3.41. The van der Waals surface area contributed by atoms with Crippen molar-refractivity contribution in [2.75, 3.05) is 24.6 Å². The van der Waals surface area contributed by atoms with Crippen molar-refractivity contribution in [2.24, 2.45) is 0 Å². The van der Waals surface area contributed by atoms with Crippen LogP contribution in [0.4, 0.5) is 19.0 Å². The Hall–Kier alpha value is -1.08. The SMILES string of the molecule is FC(F)(F)c1nc(Cl)cc(N2CCOC3(CCCCC3)C2)n1. The highest BCUT2D eigenvalue weighted by Crippen LogP contribution is 2.36. The molecule has 22 heavy (non-hydrogen) atoms. The summed E-state index contributed by atoms with van der Waals surface area (Å²) in [7, 11) is 0. The zero-order valence-corrected chi connectivity index (χ0v) is 12.8. The minimum Gasteiger partial charge on any atom is -0.371 e. The third kappa shape index (κ3) is 3.30. The first-order chi connectivity index (χ1) is 10.4. The second kappa shape index (κ2) is 5.85. The smallest absolute Gasteiger partial charge is 0.371 e. The Morgan fingerprint density at radius 1 is 1.18 bits per heavy atom. The highest BCUT2D eigenvalue weighted by molar-refractivity contribution is 6.29. The predicted octanol–water partition coefficient (Wildman–Crippen LogP) is 3.69. The number of aromatic nitrogens is 2. The van der Waals surface area contributed by atoms with Crippen LogP contribution in [0.25, 0.3) is 0 Å². The molecule has 1 spiro atoms. The van der Waals surface area contributed by atoms with Gasteiger partial charge in [0.1, 0.15) is 11.0 Å². The van der Waals surface area contributed by atoms with Crippen molar-refractivity contribution in [3.63, 3.8) is 0 Å². The lowest BCUT2D eigenvalue weighted by molar-refractivity contribution is -0.144. The lowest BCUT2D eigenvalue weighted by Gasteiger charge is -2.45. The third-order valence-electron chi connectivity index (χ3n) is 4.27. The topological polar surface area (TPSA) is 38.2 Å². The van der Waals surface area contributed by atoms with E-state index in [4.69, 9.17) is 16.3 Å². The Balaban J connectivity index is 1.85. The van der Waals surface area contributed by atoms with Gasteiger partial charge in [-0.25, -0.2) is 9.97 Å². The van der Waals surface area contributed by atoms with Crippen LogP contribution < -0.4 is 4.90 Å². The molecule has 0 N–H and O–H groups in total. The highest BCUT2D eigenvalue weighted by atomic mass is 35.5. The maximum atomic E-state index is 12.8. The number of alkyl halides is 3. The Morgan fingerprint density at radius 3 is 2.59 bits per heavy atom. The average Bonchev–Trinajstić information content (AvgIpc) is 2.46. The fourth-order valence-electron chi connectivity index (χ4n) is 3.23. The second-order valence-electron chi connectivity index (χ2n) is 5.88. The maximum Gasteiger partial charge on any atom is 0.451 e. The minimum atomic E-state index is -4.60. The number of rotatable bonds is 1. The molecular weight excluding hydrogens is 319 g/mol. The van der Waals surface area contributed by atoms with Crippen molar-refractivity contribution in [1.82, 2.24) is 9.97 Å². The van der Waals surface area contributed by atoms with Crippen LogP contribution in [0.3, 0.4) is 0 Å². The van der Waals surface area contributed by atoms with Gasteiger partial charge in [-0.3, -0.25) is 0 Å². The van der Waals surface area contributed by atoms with Crippen molar-refractivity contribution >= 4 is 17.4 Å². The van der Waals surface area contributed by atoms with Gasteiger partial charge in [0.2, 0.25) is 5.82 Å². The first-order valence-corrected chi connectivity index (χ1v) is 7.77. The molecule has 8 heteroatoms. The van der Waals surface area contributed by atoms with E-state index in [-0.39, 0.29) is 16.6 Å². The Bertz CT molecular complexity index is 541. The third-order valence-corrected chi connectivity index (χ3v) is 4.47. The van der Waals surface area contributed by atoms with Crippen LogP contribution in [0.15, 0.2) is 6.07 Å². The van der Waals surface area contributed by atoms with Crippen LogP contribution >= 0.6 is 11.6 Å². The van der Waals surface area contributed by atoms with Gasteiger partial charge >= 0.3 is 6.18 Å². The molecule has 0 radical (unpaired) electrons. The molecule has 0 unspecified atom stereocenters. The molecule has 0 amide bonds. The number of morpholine rings is 1. The molecule has 1 aromatic heterocycles. The summed E-state index contributed by atoms with van der Waals surface area (Å²) in [6, 6.07) is 1.39. The van der Waals surface area contributed by atoms with Gasteiger partial charge < -0.3 is 9.64 Å². The number of ether oxygens (including phenoxy) is 1. The van der Waals surface area contributed by atoms with Crippen LogP contribution in [0, 0.1) is 0 Å². The van der Waals surface area contributed by atoms with Crippen LogP contribution in [0.2, 0.25) is 5.15 Å². The van der Waals surface area contributed by atoms with Gasteiger partial charge in [-0.05, 0) is 12.8 Å². The zero-order valence-electron chi connectivity index (χ0n) is 12.0. The van der Waals surface area contributed by atoms with Gasteiger partial charge in [0.25, 0.3) is 0 Å². The molecule has 1 aromatic rings. The number of anilines is 1. The van der Waals surface area contributed by atoms with Gasteiger partial charge in [0.15, 0.2) is 0 Å². The Morgan fingerprint density at radius 2 is 1.91 bits per heavy atom. The molecule has 2 fully saturated rings. The summed E-state index contributed by atoms with van der Waals surface area (Å²) < 4.78 is 44.5. The van der Waals surface area contributed by atoms with E-state index in [1.165, 1.54) is 12.5 Å². The molecular formula is C14H17ClF3N3O. The highest BCUT2D eigenvalue weighted by Gasteiger charge is 2.40. The lowest BCUT2D eigenvalue weighted by Crippen LogP contribution is -2.53. The average molecular weight is 336 g/mol. The molecule has 1 aliphatic carbocycles. The van der Waals surface area contributed by atoms with Gasteiger partial charge in [-0.2, -0.15) is 13.2 Å². The predicted molar refractivity (Wildman–Crippen MR) is 76.0 cm³/mol. The van der Waals surface area contributed by atoms with Crippen molar-refractivity contribution in [3.8, 4) is 0 Å². The van der Waals surface area contributed by atoms with E-state index in [2.05, 4.69) is 9.97 Å². The molecule has 1 aliphatic heterocycles. The summed E-state index contributed by atoms with van der Waals surface area (Å²) in [6.45, 7) is 1.55. The normalized spacial score (nSPS) is 22.1. The van der Waals surface area contributed by atoms with Crippen LogP contribution in [0.1, 0.15) is 37.9 Å². The first kappa shape index (κ1) is 15.8. The first-order valence-electron chi connectivity index (χ1n) is 7.39. The minimum absolute atomic E-state index is 0.193. The number of halogens is 4. The van der Waals surface area contributed by atoms with E-state index < -0.39 is 12.0 Å². The summed E-state index contributed by atoms with van der Waals surface area (Å²) in [6.07, 6.45) is 0.637. The van der Waals surface area contributed by atoms with Gasteiger partial charge in [-0.15, -0.1) is 0 Å². The fraction of sp³-hybridized carbons (Fsp3) is 0.714. The van der Waals surface area contributed by atoms with Crippen molar-refractivity contribution in [2.45, 2.75) is 43.9 Å². The zero-order chi connectivity index (χ0) is 15.8. The van der Waals surface area contributed by atoms with E-state index >= 15 is 0 Å². The molecule has 4 nitrogen and oxygen atoms in total. The van der Waals surface area contributed by atoms with E-state index in [1.54, 1.807) is 0 Å². The monoisotopic (exact) mass is 335 g/mol. The second-order valence-corrected chi connectivity index (χ2v) is 6.27. The molecule has 2 aliphatic rings.